The van der Waals surface area contributed by atoms with E-state index in [9.17, 15) is 9.59 Å². The predicted molar refractivity (Wildman–Crippen MR) is 99.1 cm³/mol. The van der Waals surface area contributed by atoms with Crippen molar-refractivity contribution in [2.45, 2.75) is 18.9 Å². The van der Waals surface area contributed by atoms with Gasteiger partial charge in [0.25, 0.3) is 0 Å². The second kappa shape index (κ2) is 8.10. The number of anilines is 1. The molecule has 0 atom stereocenters. The normalized spacial score (nSPS) is 14.7. The average Bonchev–Trinajstić information content (AvgIpc) is 2.62. The summed E-state index contributed by atoms with van der Waals surface area (Å²) in [5.74, 6) is -0.300. The van der Waals surface area contributed by atoms with Crippen LogP contribution >= 0.6 is 11.6 Å². The molecule has 26 heavy (non-hydrogen) atoms. The predicted octanol–water partition coefficient (Wildman–Crippen LogP) is 4.11. The summed E-state index contributed by atoms with van der Waals surface area (Å²) >= 11 is 5.96. The average molecular weight is 375 g/mol. The molecule has 3 rings (SSSR count). The van der Waals surface area contributed by atoms with Crippen LogP contribution < -0.4 is 10.1 Å². The number of nitrogens with one attached hydrogen (secondary N) is 1. The molecule has 0 aliphatic carbocycles. The van der Waals surface area contributed by atoms with E-state index >= 15 is 0 Å². The SMILES string of the molecule is O=C(O)c1cccc(NC(=O)N2CCC(Oc3cccc(Cl)c3)CC2)c1. The minimum absolute atomic E-state index is 0.0351. The van der Waals surface area contributed by atoms with E-state index in [-0.39, 0.29) is 17.7 Å². The van der Waals surface area contributed by atoms with Crippen LogP contribution in [0.4, 0.5) is 10.5 Å². The summed E-state index contributed by atoms with van der Waals surface area (Å²) in [6.07, 6.45) is 1.47. The standard InChI is InChI=1S/C19H19ClN2O4/c20-14-4-2-6-17(12-14)26-16-7-9-22(10-8-16)19(25)21-15-5-1-3-13(11-15)18(23)24/h1-6,11-12,16H,7-10H2,(H,21,25)(H,23,24). The molecule has 136 valence electrons. The third kappa shape index (κ3) is 4.67. The molecule has 0 saturated carbocycles. The van der Waals surface area contributed by atoms with Crippen LogP contribution in [0.1, 0.15) is 23.2 Å². The molecule has 6 nitrogen and oxygen atoms in total. The summed E-state index contributed by atoms with van der Waals surface area (Å²) in [5, 5.41) is 12.4. The van der Waals surface area contributed by atoms with Crippen molar-refractivity contribution in [2.75, 3.05) is 18.4 Å². The highest BCUT2D eigenvalue weighted by atomic mass is 35.5. The number of ether oxygens (including phenoxy) is 1. The Morgan fingerprint density at radius 1 is 1.12 bits per heavy atom. The summed E-state index contributed by atoms with van der Waals surface area (Å²) in [5.41, 5.74) is 0.601. The van der Waals surface area contributed by atoms with Crippen LogP contribution in [0.5, 0.6) is 5.75 Å². The first-order chi connectivity index (χ1) is 12.5. The van der Waals surface area contributed by atoms with Crippen LogP contribution in [0.3, 0.4) is 0 Å². The molecular formula is C19H19ClN2O4. The van der Waals surface area contributed by atoms with Gasteiger partial charge in [0.1, 0.15) is 11.9 Å². The Morgan fingerprint density at radius 3 is 2.54 bits per heavy atom. The van der Waals surface area contributed by atoms with E-state index in [1.807, 2.05) is 12.1 Å². The van der Waals surface area contributed by atoms with Crippen molar-refractivity contribution in [2.24, 2.45) is 0 Å². The van der Waals surface area contributed by atoms with Gasteiger partial charge in [0.05, 0.1) is 5.56 Å². The van der Waals surface area contributed by atoms with Gasteiger partial charge in [0, 0.05) is 36.6 Å². The lowest BCUT2D eigenvalue weighted by molar-refractivity contribution is 0.0696. The molecule has 0 radical (unpaired) electrons. The van der Waals surface area contributed by atoms with Crippen LogP contribution in [-0.4, -0.2) is 41.2 Å². The highest BCUT2D eigenvalue weighted by Crippen LogP contribution is 2.22. The van der Waals surface area contributed by atoms with Crippen molar-refractivity contribution < 1.29 is 19.4 Å². The third-order valence-corrected chi connectivity index (χ3v) is 4.42. The van der Waals surface area contributed by atoms with Crippen LogP contribution in [0.2, 0.25) is 5.02 Å². The minimum Gasteiger partial charge on any atom is -0.490 e. The van der Waals surface area contributed by atoms with Crippen molar-refractivity contribution in [3.63, 3.8) is 0 Å². The Hall–Kier alpha value is -2.73. The third-order valence-electron chi connectivity index (χ3n) is 4.19. The number of benzene rings is 2. The summed E-state index contributed by atoms with van der Waals surface area (Å²) in [4.78, 5) is 25.1. The maximum Gasteiger partial charge on any atom is 0.335 e. The van der Waals surface area contributed by atoms with Gasteiger partial charge >= 0.3 is 12.0 Å². The number of hydrogen-bond acceptors (Lipinski definition) is 3. The molecule has 0 unspecified atom stereocenters. The molecule has 1 aliphatic rings. The van der Waals surface area contributed by atoms with Crippen molar-refractivity contribution >= 4 is 29.3 Å². The number of rotatable bonds is 4. The summed E-state index contributed by atoms with van der Waals surface area (Å²) in [6, 6.07) is 13.2. The Morgan fingerprint density at radius 2 is 1.85 bits per heavy atom. The fourth-order valence-electron chi connectivity index (χ4n) is 2.84. The molecule has 0 aromatic heterocycles. The lowest BCUT2D eigenvalue weighted by Crippen LogP contribution is -2.43. The molecule has 7 heteroatoms. The fourth-order valence-corrected chi connectivity index (χ4v) is 3.02. The number of urea groups is 1. The van der Waals surface area contributed by atoms with Crippen molar-refractivity contribution in [1.29, 1.82) is 0 Å². The van der Waals surface area contributed by atoms with Gasteiger partial charge in [-0.3, -0.25) is 0 Å². The van der Waals surface area contributed by atoms with Gasteiger partial charge < -0.3 is 20.1 Å². The second-order valence-corrected chi connectivity index (χ2v) is 6.51. The maximum absolute atomic E-state index is 12.4. The van der Waals surface area contributed by atoms with Gasteiger partial charge in [-0.15, -0.1) is 0 Å². The molecule has 2 aromatic carbocycles. The first-order valence-corrected chi connectivity index (χ1v) is 8.70. The smallest absolute Gasteiger partial charge is 0.335 e. The van der Waals surface area contributed by atoms with Crippen molar-refractivity contribution in [3.8, 4) is 5.75 Å². The quantitative estimate of drug-likeness (QED) is 0.843. The summed E-state index contributed by atoms with van der Waals surface area (Å²) in [6.45, 7) is 1.13. The van der Waals surface area contributed by atoms with Gasteiger partial charge in [0.2, 0.25) is 0 Å². The Bertz CT molecular complexity index is 804. The molecule has 0 spiro atoms. The lowest BCUT2D eigenvalue weighted by atomic mass is 10.1. The second-order valence-electron chi connectivity index (χ2n) is 6.08. The number of carbonyl (C=O) groups is 2. The zero-order chi connectivity index (χ0) is 18.5. The first kappa shape index (κ1) is 18.1. The molecule has 1 fully saturated rings. The van der Waals surface area contributed by atoms with Gasteiger partial charge in [-0.25, -0.2) is 9.59 Å². The molecule has 2 aromatic rings. The Labute approximate surface area is 156 Å². The lowest BCUT2D eigenvalue weighted by Gasteiger charge is -2.32. The van der Waals surface area contributed by atoms with Crippen LogP contribution in [-0.2, 0) is 0 Å². The number of halogens is 1. The highest BCUT2D eigenvalue weighted by molar-refractivity contribution is 6.30. The number of carbonyl (C=O) groups excluding carboxylic acids is 1. The Balaban J connectivity index is 1.52. The highest BCUT2D eigenvalue weighted by Gasteiger charge is 2.24. The van der Waals surface area contributed by atoms with E-state index in [0.29, 0.717) is 23.8 Å². The van der Waals surface area contributed by atoms with Gasteiger partial charge in [-0.2, -0.15) is 0 Å². The van der Waals surface area contributed by atoms with E-state index in [0.717, 1.165) is 18.6 Å². The zero-order valence-electron chi connectivity index (χ0n) is 14.0. The number of nitrogens with zero attached hydrogens (tertiary/aromatic N) is 1. The Kier molecular flexibility index (Phi) is 5.63. The maximum atomic E-state index is 12.4. The topological polar surface area (TPSA) is 78.9 Å². The molecule has 2 N–H and O–H groups in total. The number of aromatic carboxylic acids is 1. The molecule has 0 bridgehead atoms. The number of carboxylic acids is 1. The van der Waals surface area contributed by atoms with E-state index in [4.69, 9.17) is 21.4 Å². The van der Waals surface area contributed by atoms with Gasteiger partial charge in [0.15, 0.2) is 0 Å². The van der Waals surface area contributed by atoms with E-state index in [1.165, 1.54) is 12.1 Å². The largest absolute Gasteiger partial charge is 0.490 e. The number of piperidine rings is 1. The van der Waals surface area contributed by atoms with Crippen molar-refractivity contribution in [1.82, 2.24) is 4.90 Å². The van der Waals surface area contributed by atoms with Gasteiger partial charge in [-0.05, 0) is 36.4 Å². The van der Waals surface area contributed by atoms with Gasteiger partial charge in [-0.1, -0.05) is 23.7 Å². The monoisotopic (exact) mass is 374 g/mol. The summed E-state index contributed by atoms with van der Waals surface area (Å²) in [7, 11) is 0. The minimum atomic E-state index is -1.03. The van der Waals surface area contributed by atoms with Crippen molar-refractivity contribution in [3.05, 3.63) is 59.1 Å². The summed E-state index contributed by atoms with van der Waals surface area (Å²) < 4.78 is 5.92. The van der Waals surface area contributed by atoms with E-state index < -0.39 is 5.97 Å². The number of likely N-dealkylation sites (tertiary alicyclic amines) is 1. The van der Waals surface area contributed by atoms with E-state index in [1.54, 1.807) is 29.2 Å². The molecule has 2 amide bonds. The fraction of sp³-hybridized carbons (Fsp3) is 0.263. The number of hydrogen-bond donors (Lipinski definition) is 2. The number of amides is 2. The molecule has 1 aliphatic heterocycles. The molecular weight excluding hydrogens is 356 g/mol. The van der Waals surface area contributed by atoms with Crippen LogP contribution in [0.25, 0.3) is 0 Å². The first-order valence-electron chi connectivity index (χ1n) is 8.33. The molecule has 1 saturated heterocycles. The molecule has 1 heterocycles. The van der Waals surface area contributed by atoms with E-state index in [2.05, 4.69) is 5.32 Å². The number of carboxylic acid groups (broad SMARTS) is 1. The van der Waals surface area contributed by atoms with Crippen LogP contribution in [0.15, 0.2) is 48.5 Å². The zero-order valence-corrected chi connectivity index (χ0v) is 14.8. The van der Waals surface area contributed by atoms with Crippen LogP contribution in [0, 0.1) is 0 Å².